The van der Waals surface area contributed by atoms with Gasteiger partial charge in [0.2, 0.25) is 0 Å². The molecule has 2 aromatic rings. The van der Waals surface area contributed by atoms with Crippen molar-refractivity contribution in [2.45, 2.75) is 0 Å². The fourth-order valence-electron chi connectivity index (χ4n) is 1.93. The molecule has 0 bridgehead atoms. The SMILES string of the molecule is COc1ccccc1OCC(=O)N(C)CCOc1ccccc1. The average Bonchev–Trinajstić information content (AvgIpc) is 2.60. The van der Waals surface area contributed by atoms with Crippen LogP contribution in [0.25, 0.3) is 0 Å². The Morgan fingerprint density at radius 2 is 1.61 bits per heavy atom. The normalized spacial score (nSPS) is 10.0. The van der Waals surface area contributed by atoms with Gasteiger partial charge in [0.1, 0.15) is 12.4 Å². The fraction of sp³-hybridized carbons (Fsp3) is 0.278. The molecule has 5 heteroatoms. The number of hydrogen-bond acceptors (Lipinski definition) is 4. The van der Waals surface area contributed by atoms with Crippen molar-refractivity contribution in [1.29, 1.82) is 0 Å². The largest absolute Gasteiger partial charge is 0.493 e. The smallest absolute Gasteiger partial charge is 0.260 e. The zero-order valence-corrected chi connectivity index (χ0v) is 13.4. The summed E-state index contributed by atoms with van der Waals surface area (Å²) in [6, 6.07) is 16.7. The van der Waals surface area contributed by atoms with Crippen molar-refractivity contribution in [1.82, 2.24) is 4.90 Å². The van der Waals surface area contributed by atoms with Crippen molar-refractivity contribution < 1.29 is 19.0 Å². The number of methoxy groups -OCH3 is 1. The molecule has 5 nitrogen and oxygen atoms in total. The third kappa shape index (κ3) is 5.21. The Morgan fingerprint density at radius 3 is 2.30 bits per heavy atom. The van der Waals surface area contributed by atoms with Crippen LogP contribution in [0.4, 0.5) is 0 Å². The lowest BCUT2D eigenvalue weighted by Crippen LogP contribution is -2.34. The van der Waals surface area contributed by atoms with E-state index in [1.807, 2.05) is 42.5 Å². The minimum absolute atomic E-state index is 0.0395. The van der Waals surface area contributed by atoms with Crippen LogP contribution in [0.15, 0.2) is 54.6 Å². The summed E-state index contributed by atoms with van der Waals surface area (Å²) in [6.07, 6.45) is 0. The number of amides is 1. The Labute approximate surface area is 136 Å². The molecule has 2 aromatic carbocycles. The highest BCUT2D eigenvalue weighted by Crippen LogP contribution is 2.25. The number of carbonyl (C=O) groups excluding carboxylic acids is 1. The van der Waals surface area contributed by atoms with Crippen LogP contribution < -0.4 is 14.2 Å². The molecule has 0 saturated carbocycles. The van der Waals surface area contributed by atoms with Crippen molar-refractivity contribution in [3.05, 3.63) is 54.6 Å². The molecule has 0 saturated heterocycles. The zero-order chi connectivity index (χ0) is 16.5. The Morgan fingerprint density at radius 1 is 0.957 bits per heavy atom. The summed E-state index contributed by atoms with van der Waals surface area (Å²) >= 11 is 0. The van der Waals surface area contributed by atoms with Crippen molar-refractivity contribution in [3.8, 4) is 17.2 Å². The molecule has 0 spiro atoms. The van der Waals surface area contributed by atoms with Gasteiger partial charge in [-0.3, -0.25) is 4.79 Å². The predicted octanol–water partition coefficient (Wildman–Crippen LogP) is 2.61. The minimum Gasteiger partial charge on any atom is -0.493 e. The molecular formula is C18H21NO4. The van der Waals surface area contributed by atoms with Gasteiger partial charge in [0.25, 0.3) is 5.91 Å². The maximum absolute atomic E-state index is 12.1. The van der Waals surface area contributed by atoms with E-state index < -0.39 is 0 Å². The first kappa shape index (κ1) is 16.7. The molecule has 122 valence electrons. The highest BCUT2D eigenvalue weighted by atomic mass is 16.5. The molecule has 0 radical (unpaired) electrons. The monoisotopic (exact) mass is 315 g/mol. The van der Waals surface area contributed by atoms with E-state index >= 15 is 0 Å². The van der Waals surface area contributed by atoms with Gasteiger partial charge in [0, 0.05) is 7.05 Å². The summed E-state index contributed by atoms with van der Waals surface area (Å²) in [5, 5.41) is 0. The van der Waals surface area contributed by atoms with E-state index in [1.165, 1.54) is 0 Å². The third-order valence-corrected chi connectivity index (χ3v) is 3.28. The molecule has 0 aliphatic carbocycles. The van der Waals surface area contributed by atoms with Gasteiger partial charge >= 0.3 is 0 Å². The van der Waals surface area contributed by atoms with E-state index in [9.17, 15) is 4.79 Å². The van der Waals surface area contributed by atoms with Crippen molar-refractivity contribution in [3.63, 3.8) is 0 Å². The molecule has 1 amide bonds. The second-order valence-corrected chi connectivity index (χ2v) is 4.92. The first-order chi connectivity index (χ1) is 11.2. The van der Waals surface area contributed by atoms with E-state index in [0.717, 1.165) is 5.75 Å². The molecule has 0 N–H and O–H groups in total. The number of nitrogens with zero attached hydrogens (tertiary/aromatic N) is 1. The molecular weight excluding hydrogens is 294 g/mol. The molecule has 0 heterocycles. The lowest BCUT2D eigenvalue weighted by atomic mass is 10.3. The minimum atomic E-state index is -0.118. The Kier molecular flexibility index (Phi) is 6.29. The zero-order valence-electron chi connectivity index (χ0n) is 13.4. The summed E-state index contributed by atoms with van der Waals surface area (Å²) in [7, 11) is 3.29. The van der Waals surface area contributed by atoms with Gasteiger partial charge in [0.15, 0.2) is 18.1 Å². The molecule has 2 rings (SSSR count). The Hall–Kier alpha value is -2.69. The van der Waals surface area contributed by atoms with Crippen LogP contribution in [-0.4, -0.2) is 44.7 Å². The van der Waals surface area contributed by atoms with Crippen molar-refractivity contribution in [2.24, 2.45) is 0 Å². The molecule has 0 atom stereocenters. The molecule has 0 aromatic heterocycles. The average molecular weight is 315 g/mol. The number of para-hydroxylation sites is 3. The lowest BCUT2D eigenvalue weighted by molar-refractivity contribution is -0.132. The van der Waals surface area contributed by atoms with Crippen LogP contribution in [0, 0.1) is 0 Å². The van der Waals surface area contributed by atoms with Crippen LogP contribution in [0.1, 0.15) is 0 Å². The number of likely N-dealkylation sites (N-methyl/N-ethyl adjacent to an activating group) is 1. The molecule has 23 heavy (non-hydrogen) atoms. The first-order valence-electron chi connectivity index (χ1n) is 7.38. The molecule has 0 aliphatic rings. The van der Waals surface area contributed by atoms with E-state index in [4.69, 9.17) is 14.2 Å². The van der Waals surface area contributed by atoms with Gasteiger partial charge in [0.05, 0.1) is 13.7 Å². The number of benzene rings is 2. The second kappa shape index (κ2) is 8.68. The van der Waals surface area contributed by atoms with Gasteiger partial charge in [-0.05, 0) is 24.3 Å². The van der Waals surface area contributed by atoms with Crippen molar-refractivity contribution in [2.75, 3.05) is 33.9 Å². The second-order valence-electron chi connectivity index (χ2n) is 4.92. The first-order valence-corrected chi connectivity index (χ1v) is 7.38. The summed E-state index contributed by atoms with van der Waals surface area (Å²) in [5.41, 5.74) is 0. The number of rotatable bonds is 8. The maximum Gasteiger partial charge on any atom is 0.260 e. The van der Waals surface area contributed by atoms with Gasteiger partial charge in [-0.15, -0.1) is 0 Å². The van der Waals surface area contributed by atoms with Gasteiger partial charge in [-0.25, -0.2) is 0 Å². The van der Waals surface area contributed by atoms with Crippen LogP contribution in [0.2, 0.25) is 0 Å². The van der Waals surface area contributed by atoms with Crippen LogP contribution >= 0.6 is 0 Å². The highest BCUT2D eigenvalue weighted by molar-refractivity contribution is 5.77. The summed E-state index contributed by atoms with van der Waals surface area (Å²) < 4.78 is 16.3. The molecule has 0 aliphatic heterocycles. The van der Waals surface area contributed by atoms with E-state index in [1.54, 1.807) is 31.2 Å². The van der Waals surface area contributed by atoms with Crippen LogP contribution in [-0.2, 0) is 4.79 Å². The third-order valence-electron chi connectivity index (χ3n) is 3.28. The summed E-state index contributed by atoms with van der Waals surface area (Å²) in [6.45, 7) is 0.881. The quantitative estimate of drug-likeness (QED) is 0.751. The summed E-state index contributed by atoms with van der Waals surface area (Å²) in [5.74, 6) is 1.83. The standard InChI is InChI=1S/C18H21NO4/c1-19(12-13-22-15-8-4-3-5-9-15)18(20)14-23-17-11-7-6-10-16(17)21-2/h3-11H,12-14H2,1-2H3. The van der Waals surface area contributed by atoms with Crippen LogP contribution in [0.5, 0.6) is 17.2 Å². The van der Waals surface area contributed by atoms with Crippen molar-refractivity contribution >= 4 is 5.91 Å². The topological polar surface area (TPSA) is 48.0 Å². The Bertz CT molecular complexity index is 615. The predicted molar refractivity (Wildman–Crippen MR) is 88.1 cm³/mol. The maximum atomic E-state index is 12.1. The Balaban J connectivity index is 1.74. The molecule has 0 unspecified atom stereocenters. The summed E-state index contributed by atoms with van der Waals surface area (Å²) in [4.78, 5) is 13.6. The van der Waals surface area contributed by atoms with Gasteiger partial charge in [-0.1, -0.05) is 30.3 Å². The number of ether oxygens (including phenoxy) is 3. The number of carbonyl (C=O) groups is 1. The van der Waals surface area contributed by atoms with Gasteiger partial charge < -0.3 is 19.1 Å². The fourth-order valence-corrected chi connectivity index (χ4v) is 1.93. The highest BCUT2D eigenvalue weighted by Gasteiger charge is 2.11. The lowest BCUT2D eigenvalue weighted by Gasteiger charge is -2.18. The number of hydrogen-bond donors (Lipinski definition) is 0. The van der Waals surface area contributed by atoms with E-state index in [0.29, 0.717) is 24.7 Å². The van der Waals surface area contributed by atoms with Crippen LogP contribution in [0.3, 0.4) is 0 Å². The van der Waals surface area contributed by atoms with E-state index in [2.05, 4.69) is 0 Å². The van der Waals surface area contributed by atoms with Gasteiger partial charge in [-0.2, -0.15) is 0 Å². The molecule has 0 fully saturated rings. The van der Waals surface area contributed by atoms with E-state index in [-0.39, 0.29) is 12.5 Å².